The second-order valence-electron chi connectivity index (χ2n) is 3.39. The lowest BCUT2D eigenvalue weighted by Crippen LogP contribution is -2.11. The van der Waals surface area contributed by atoms with Crippen molar-refractivity contribution < 1.29 is 9.47 Å². The molecule has 0 fully saturated rings. The first kappa shape index (κ1) is 10.5. The van der Waals surface area contributed by atoms with Gasteiger partial charge in [-0.2, -0.15) is 0 Å². The van der Waals surface area contributed by atoms with E-state index < -0.39 is 0 Å². The van der Waals surface area contributed by atoms with E-state index in [1.807, 2.05) is 36.4 Å². The number of allylic oxidation sites excluding steroid dienone is 3. The van der Waals surface area contributed by atoms with E-state index in [1.165, 1.54) is 0 Å². The van der Waals surface area contributed by atoms with Crippen LogP contribution in [0.1, 0.15) is 12.8 Å². The lowest BCUT2D eigenvalue weighted by Gasteiger charge is -2.10. The average Bonchev–Trinajstić information content (AvgIpc) is 2.31. The van der Waals surface area contributed by atoms with Gasteiger partial charge in [-0.3, -0.25) is 0 Å². The fourth-order valence-corrected chi connectivity index (χ4v) is 1.39. The topological polar surface area (TPSA) is 42.3 Å². The van der Waals surface area contributed by atoms with Gasteiger partial charge in [-0.25, -0.2) is 5.41 Å². The minimum Gasteiger partial charge on any atom is -0.412 e. The molecular weight excluding hydrogens is 202 g/mol. The molecule has 1 N–H and O–H groups in total. The molecule has 16 heavy (non-hydrogen) atoms. The van der Waals surface area contributed by atoms with Crippen molar-refractivity contribution in [3.8, 4) is 5.75 Å². The van der Waals surface area contributed by atoms with Gasteiger partial charge < -0.3 is 9.47 Å². The summed E-state index contributed by atoms with van der Waals surface area (Å²) in [5, 5.41) is 7.54. The van der Waals surface area contributed by atoms with E-state index in [4.69, 9.17) is 14.9 Å². The summed E-state index contributed by atoms with van der Waals surface area (Å²) in [5.41, 5.74) is 0. The molecule has 1 aromatic carbocycles. The molecule has 1 aromatic rings. The second kappa shape index (κ2) is 5.16. The summed E-state index contributed by atoms with van der Waals surface area (Å²) in [6.45, 7) is 0. The molecule has 0 unspecified atom stereocenters. The maximum atomic E-state index is 7.54. The second-order valence-corrected chi connectivity index (χ2v) is 3.39. The molecule has 1 aliphatic carbocycles. The monoisotopic (exact) mass is 215 g/mol. The summed E-state index contributed by atoms with van der Waals surface area (Å²) < 4.78 is 10.4. The van der Waals surface area contributed by atoms with Crippen LogP contribution in [0, 0.1) is 5.41 Å². The Morgan fingerprint density at radius 1 is 1.06 bits per heavy atom. The van der Waals surface area contributed by atoms with Crippen molar-refractivity contribution >= 4 is 6.08 Å². The van der Waals surface area contributed by atoms with E-state index in [-0.39, 0.29) is 6.08 Å². The van der Waals surface area contributed by atoms with E-state index in [0.717, 1.165) is 12.8 Å². The number of nitrogens with one attached hydrogen (secondary N) is 1. The van der Waals surface area contributed by atoms with Crippen molar-refractivity contribution in [1.29, 1.82) is 5.41 Å². The zero-order chi connectivity index (χ0) is 11.2. The molecule has 0 radical (unpaired) electrons. The first-order valence-electron chi connectivity index (χ1n) is 5.20. The Morgan fingerprint density at radius 2 is 1.88 bits per heavy atom. The molecular formula is C13H13NO2. The van der Waals surface area contributed by atoms with Crippen molar-refractivity contribution in [2.75, 3.05) is 0 Å². The largest absolute Gasteiger partial charge is 0.412 e. The standard InChI is InChI=1S/C13H13NO2/c14-13(15-11-7-3-1-4-8-11)16-12-9-5-2-6-10-12/h1,3-5,7-10,14H,2,6H2. The van der Waals surface area contributed by atoms with E-state index >= 15 is 0 Å². The highest BCUT2D eigenvalue weighted by Gasteiger charge is 2.05. The van der Waals surface area contributed by atoms with E-state index in [1.54, 1.807) is 12.1 Å². The lowest BCUT2D eigenvalue weighted by atomic mass is 10.2. The highest BCUT2D eigenvalue weighted by molar-refractivity contribution is 5.68. The molecule has 0 aliphatic heterocycles. The zero-order valence-corrected chi connectivity index (χ0v) is 8.85. The van der Waals surface area contributed by atoms with Crippen LogP contribution in [0.15, 0.2) is 54.3 Å². The molecule has 0 saturated carbocycles. The summed E-state index contributed by atoms with van der Waals surface area (Å²) in [6.07, 6.45) is 7.59. The van der Waals surface area contributed by atoms with Gasteiger partial charge in [0, 0.05) is 0 Å². The lowest BCUT2D eigenvalue weighted by molar-refractivity contribution is 0.313. The Bertz CT molecular complexity index is 421. The van der Waals surface area contributed by atoms with Crippen LogP contribution < -0.4 is 4.74 Å². The van der Waals surface area contributed by atoms with E-state index in [0.29, 0.717) is 11.5 Å². The van der Waals surface area contributed by atoms with Gasteiger partial charge in [0.15, 0.2) is 0 Å². The van der Waals surface area contributed by atoms with Crippen LogP contribution in [0.3, 0.4) is 0 Å². The highest BCUT2D eigenvalue weighted by atomic mass is 16.7. The molecule has 0 spiro atoms. The van der Waals surface area contributed by atoms with Crippen LogP contribution in [0.4, 0.5) is 0 Å². The van der Waals surface area contributed by atoms with Crippen LogP contribution >= 0.6 is 0 Å². The minimum atomic E-state index is -0.205. The van der Waals surface area contributed by atoms with Crippen molar-refractivity contribution in [3.05, 3.63) is 54.3 Å². The maximum Gasteiger partial charge on any atom is 0.391 e. The van der Waals surface area contributed by atoms with Gasteiger partial charge in [0.25, 0.3) is 0 Å². The summed E-state index contributed by atoms with van der Waals surface area (Å²) in [4.78, 5) is 0. The smallest absolute Gasteiger partial charge is 0.391 e. The van der Waals surface area contributed by atoms with Gasteiger partial charge in [0.05, 0.1) is 0 Å². The Hall–Kier alpha value is -2.03. The molecule has 82 valence electrons. The molecule has 0 saturated heterocycles. The van der Waals surface area contributed by atoms with E-state index in [2.05, 4.69) is 0 Å². The summed E-state index contributed by atoms with van der Waals surface area (Å²) in [5.74, 6) is 1.28. The summed E-state index contributed by atoms with van der Waals surface area (Å²) >= 11 is 0. The molecule has 0 heterocycles. The van der Waals surface area contributed by atoms with Gasteiger partial charge in [-0.1, -0.05) is 24.3 Å². The van der Waals surface area contributed by atoms with Crippen LogP contribution in [0.5, 0.6) is 5.75 Å². The first-order chi connectivity index (χ1) is 7.84. The third-order valence-corrected chi connectivity index (χ3v) is 2.13. The quantitative estimate of drug-likeness (QED) is 0.607. The average molecular weight is 215 g/mol. The summed E-state index contributed by atoms with van der Waals surface area (Å²) in [6, 6.07) is 9.15. The molecule has 0 amide bonds. The highest BCUT2D eigenvalue weighted by Crippen LogP contribution is 2.13. The van der Waals surface area contributed by atoms with Crippen LogP contribution in [0.2, 0.25) is 0 Å². The fourth-order valence-electron chi connectivity index (χ4n) is 1.39. The zero-order valence-electron chi connectivity index (χ0n) is 8.85. The number of hydrogen-bond donors (Lipinski definition) is 1. The van der Waals surface area contributed by atoms with Crippen LogP contribution in [-0.2, 0) is 4.74 Å². The minimum absolute atomic E-state index is 0.205. The molecule has 0 bridgehead atoms. The predicted molar refractivity (Wildman–Crippen MR) is 62.3 cm³/mol. The molecule has 1 aliphatic rings. The molecule has 3 heteroatoms. The molecule has 2 rings (SSSR count). The predicted octanol–water partition coefficient (Wildman–Crippen LogP) is 3.25. The van der Waals surface area contributed by atoms with Gasteiger partial charge >= 0.3 is 6.08 Å². The van der Waals surface area contributed by atoms with Crippen molar-refractivity contribution in [1.82, 2.24) is 0 Å². The van der Waals surface area contributed by atoms with Crippen LogP contribution in [-0.4, -0.2) is 6.08 Å². The molecule has 0 atom stereocenters. The summed E-state index contributed by atoms with van der Waals surface area (Å²) in [7, 11) is 0. The van der Waals surface area contributed by atoms with Gasteiger partial charge in [0.1, 0.15) is 11.5 Å². The van der Waals surface area contributed by atoms with E-state index in [9.17, 15) is 0 Å². The van der Waals surface area contributed by atoms with Crippen LogP contribution in [0.25, 0.3) is 0 Å². The number of hydrogen-bond acceptors (Lipinski definition) is 3. The van der Waals surface area contributed by atoms with Gasteiger partial charge in [-0.15, -0.1) is 0 Å². The van der Waals surface area contributed by atoms with Crippen molar-refractivity contribution in [2.45, 2.75) is 12.8 Å². The van der Waals surface area contributed by atoms with Crippen molar-refractivity contribution in [3.63, 3.8) is 0 Å². The third kappa shape index (κ3) is 2.98. The SMILES string of the molecule is N=C(OC1=CCCC=C1)Oc1ccccc1. The van der Waals surface area contributed by atoms with Crippen molar-refractivity contribution in [2.24, 2.45) is 0 Å². The molecule has 0 aromatic heterocycles. The van der Waals surface area contributed by atoms with Gasteiger partial charge in [-0.05, 0) is 37.1 Å². The molecule has 3 nitrogen and oxygen atoms in total. The maximum absolute atomic E-state index is 7.54. The number of para-hydroxylation sites is 1. The Morgan fingerprint density at radius 3 is 2.56 bits per heavy atom. The number of benzene rings is 1. The normalized spacial score (nSPS) is 14.1. The Balaban J connectivity index is 1.89. The third-order valence-electron chi connectivity index (χ3n) is 2.13. The Kier molecular flexibility index (Phi) is 3.38. The Labute approximate surface area is 94.5 Å². The first-order valence-corrected chi connectivity index (χ1v) is 5.20. The van der Waals surface area contributed by atoms with Gasteiger partial charge in [0.2, 0.25) is 0 Å². The number of rotatable bonds is 2. The fraction of sp³-hybridized carbons (Fsp3) is 0.154. The number of ether oxygens (including phenoxy) is 2.